The second-order valence-corrected chi connectivity index (χ2v) is 18.3. The van der Waals surface area contributed by atoms with Crippen LogP contribution in [-0.2, 0) is 11.2 Å². The number of hydrogen-bond acceptors (Lipinski definition) is 1. The van der Waals surface area contributed by atoms with Crippen molar-refractivity contribution in [3.05, 3.63) is 126 Å². The number of halogens is 3. The third kappa shape index (κ3) is 5.87. The molecule has 5 heteroatoms. The molecule has 0 aliphatic carbocycles. The summed E-state index contributed by atoms with van der Waals surface area (Å²) in [5, 5.41) is 1.48. The fourth-order valence-electron chi connectivity index (χ4n) is 3.94. The average molecular weight is 541 g/mol. The first-order valence-electron chi connectivity index (χ1n) is 11.0. The van der Waals surface area contributed by atoms with Crippen molar-refractivity contribution in [2.45, 2.75) is 13.3 Å². The summed E-state index contributed by atoms with van der Waals surface area (Å²) in [6.45, 7) is 4.07. The van der Waals surface area contributed by atoms with Crippen molar-refractivity contribution in [3.8, 4) is 0 Å². The molecule has 4 rings (SSSR count). The van der Waals surface area contributed by atoms with Gasteiger partial charge in [-0.25, -0.2) is 8.78 Å². The Hall–Kier alpha value is -2.68. The van der Waals surface area contributed by atoms with Gasteiger partial charge in [-0.15, -0.1) is 0 Å². The molecule has 4 aromatic carbocycles. The average Bonchev–Trinajstić information content (AvgIpc) is 2.85. The van der Waals surface area contributed by atoms with Crippen LogP contribution in [0.15, 0.2) is 109 Å². The zero-order chi connectivity index (χ0) is 24.6. The number of carbonyl (C=O) groups excluding carboxylic acids is 1. The third-order valence-corrected chi connectivity index (χ3v) is 14.1. The Balaban J connectivity index is 0.000000215. The van der Waals surface area contributed by atoms with E-state index < -0.39 is 16.9 Å². The summed E-state index contributed by atoms with van der Waals surface area (Å²) in [7, 11) is 0. The summed E-state index contributed by atoms with van der Waals surface area (Å²) in [6.07, 6.45) is 1.14. The Morgan fingerprint density at radius 3 is 1.41 bits per heavy atom. The predicted octanol–water partition coefficient (Wildman–Crippen LogP) is 6.80. The van der Waals surface area contributed by atoms with E-state index in [9.17, 15) is 13.6 Å². The first-order chi connectivity index (χ1) is 16.2. The van der Waals surface area contributed by atoms with Gasteiger partial charge in [-0.05, 0) is 24.1 Å². The van der Waals surface area contributed by atoms with Crippen molar-refractivity contribution in [3.63, 3.8) is 0 Å². The van der Waals surface area contributed by atoms with Crippen molar-refractivity contribution in [1.82, 2.24) is 0 Å². The van der Waals surface area contributed by atoms with Crippen LogP contribution in [-0.4, -0.2) is 13.0 Å². The maximum absolute atomic E-state index is 12.7. The van der Waals surface area contributed by atoms with Crippen molar-refractivity contribution in [1.29, 1.82) is 0 Å². The van der Waals surface area contributed by atoms with Gasteiger partial charge in [-0.3, -0.25) is 0 Å². The molecule has 0 radical (unpaired) electrons. The standard InChI is InChI=1S/C19H18BrP.C10H10F2O/c1-21(20,17-11-5-2-6-12-17,18-13-7-3-8-14-18)19-15-9-4-10-16-19;1-7(6-13)2-8-3-9(11)5-10(12)4-8/h2-16H,1H3;3-7H,2H2,1H3. The van der Waals surface area contributed by atoms with Crippen LogP contribution in [0.25, 0.3) is 0 Å². The third-order valence-electron chi connectivity index (χ3n) is 5.82. The molecule has 0 N–H and O–H groups in total. The van der Waals surface area contributed by atoms with E-state index in [2.05, 4.69) is 113 Å². The number of hydrogen-bond donors (Lipinski definition) is 0. The van der Waals surface area contributed by atoms with Gasteiger partial charge >= 0.3 is 134 Å². The molecule has 0 spiro atoms. The van der Waals surface area contributed by atoms with E-state index in [1.54, 1.807) is 6.92 Å². The molecular formula is C29H28BrF2OP. The molecule has 0 bridgehead atoms. The quantitative estimate of drug-likeness (QED) is 0.194. The normalized spacial score (nSPS) is 13.0. The van der Waals surface area contributed by atoms with Gasteiger partial charge in [0.05, 0.1) is 0 Å². The summed E-state index contributed by atoms with van der Waals surface area (Å²) < 4.78 is 25.3. The zero-order valence-electron chi connectivity index (χ0n) is 19.2. The van der Waals surface area contributed by atoms with E-state index in [0.29, 0.717) is 12.0 Å². The molecule has 0 saturated heterocycles. The Bertz CT molecular complexity index is 1090. The molecule has 4 aromatic rings. The van der Waals surface area contributed by atoms with Crippen LogP contribution >= 0.6 is 20.8 Å². The second kappa shape index (κ2) is 11.2. The van der Waals surface area contributed by atoms with E-state index in [-0.39, 0.29) is 5.92 Å². The van der Waals surface area contributed by atoms with Crippen LogP contribution in [0, 0.1) is 17.6 Å². The Kier molecular flexibility index (Phi) is 8.52. The van der Waals surface area contributed by atoms with Crippen LogP contribution < -0.4 is 15.9 Å². The molecule has 34 heavy (non-hydrogen) atoms. The van der Waals surface area contributed by atoms with Gasteiger partial charge in [0.25, 0.3) is 0 Å². The van der Waals surface area contributed by atoms with Crippen molar-refractivity contribution < 1.29 is 13.6 Å². The van der Waals surface area contributed by atoms with E-state index in [0.717, 1.165) is 12.4 Å². The summed E-state index contributed by atoms with van der Waals surface area (Å²) in [4.78, 5) is 10.3. The molecule has 0 fully saturated rings. The SMILES string of the molecule is CC(C=O)Cc1cc(F)cc(F)c1.CP(Br)(c1ccccc1)(c1ccccc1)c1ccccc1. The fourth-order valence-corrected chi connectivity index (χ4v) is 9.61. The molecule has 0 saturated carbocycles. The van der Waals surface area contributed by atoms with Crippen LogP contribution in [0.2, 0.25) is 0 Å². The van der Waals surface area contributed by atoms with Crippen molar-refractivity contribution >= 4 is 43.0 Å². The fraction of sp³-hybridized carbons (Fsp3) is 0.138. The first-order valence-corrected chi connectivity index (χ1v) is 15.7. The van der Waals surface area contributed by atoms with Crippen molar-refractivity contribution in [2.24, 2.45) is 5.92 Å². The first kappa shape index (κ1) is 25.9. The van der Waals surface area contributed by atoms with E-state index >= 15 is 0 Å². The summed E-state index contributed by atoms with van der Waals surface area (Å²) >= 11 is 4.24. The van der Waals surface area contributed by atoms with Gasteiger partial charge in [0.1, 0.15) is 17.9 Å². The molecule has 0 aromatic heterocycles. The van der Waals surface area contributed by atoms with E-state index in [1.165, 1.54) is 28.0 Å². The minimum absolute atomic E-state index is 0.207. The number of benzene rings is 4. The van der Waals surface area contributed by atoms with Crippen LogP contribution in [0.3, 0.4) is 0 Å². The molecule has 1 unspecified atom stereocenters. The summed E-state index contributed by atoms with van der Waals surface area (Å²) in [6, 6.07) is 35.6. The van der Waals surface area contributed by atoms with Gasteiger partial charge in [-0.1, -0.05) is 6.92 Å². The van der Waals surface area contributed by atoms with E-state index in [1.807, 2.05) is 0 Å². The van der Waals surface area contributed by atoms with Gasteiger partial charge < -0.3 is 4.79 Å². The predicted molar refractivity (Wildman–Crippen MR) is 145 cm³/mol. The van der Waals surface area contributed by atoms with Crippen LogP contribution in [0.4, 0.5) is 8.78 Å². The Morgan fingerprint density at radius 2 is 1.09 bits per heavy atom. The Morgan fingerprint density at radius 1 is 0.735 bits per heavy atom. The molecule has 0 amide bonds. The maximum atomic E-state index is 12.7. The Labute approximate surface area is 208 Å². The van der Waals surface area contributed by atoms with Gasteiger partial charge in [-0.2, -0.15) is 0 Å². The summed E-state index contributed by atoms with van der Waals surface area (Å²) in [5.41, 5.74) is 0.511. The number of carbonyl (C=O) groups is 1. The van der Waals surface area contributed by atoms with Crippen molar-refractivity contribution in [2.75, 3.05) is 6.66 Å². The molecular weight excluding hydrogens is 513 g/mol. The molecule has 0 aliphatic rings. The minimum atomic E-state index is -2.56. The van der Waals surface area contributed by atoms with Gasteiger partial charge in [0.15, 0.2) is 0 Å². The van der Waals surface area contributed by atoms with E-state index in [4.69, 9.17) is 0 Å². The summed E-state index contributed by atoms with van der Waals surface area (Å²) in [5.74, 6) is -1.41. The zero-order valence-corrected chi connectivity index (χ0v) is 21.7. The van der Waals surface area contributed by atoms with Gasteiger partial charge in [0, 0.05) is 12.0 Å². The number of aldehydes is 1. The topological polar surface area (TPSA) is 17.1 Å². The monoisotopic (exact) mass is 540 g/mol. The van der Waals surface area contributed by atoms with Crippen LogP contribution in [0.5, 0.6) is 0 Å². The number of rotatable bonds is 6. The molecule has 0 aliphatic heterocycles. The molecule has 1 atom stereocenters. The van der Waals surface area contributed by atoms with Crippen LogP contribution in [0.1, 0.15) is 12.5 Å². The molecule has 176 valence electrons. The molecule has 1 nitrogen and oxygen atoms in total. The van der Waals surface area contributed by atoms with Gasteiger partial charge in [0.2, 0.25) is 0 Å². The second-order valence-electron chi connectivity index (χ2n) is 8.53. The molecule has 0 heterocycles.